The molecule has 290 valence electrons. The van der Waals surface area contributed by atoms with Crippen LogP contribution in [0.5, 0.6) is 11.5 Å². The molecule has 2 aromatic heterocycles. The third kappa shape index (κ3) is 7.89. The molecule has 2 aromatic carbocycles. The summed E-state index contributed by atoms with van der Waals surface area (Å²) in [6.45, 7) is 5.73. The largest absolute Gasteiger partial charge is 0.492 e. The van der Waals surface area contributed by atoms with Crippen LogP contribution in [0.2, 0.25) is 0 Å². The second kappa shape index (κ2) is 16.3. The van der Waals surface area contributed by atoms with E-state index in [2.05, 4.69) is 10.3 Å². The van der Waals surface area contributed by atoms with Gasteiger partial charge in [-0.3, -0.25) is 24.3 Å². The highest BCUT2D eigenvalue weighted by molar-refractivity contribution is 6.21. The molecule has 0 bridgehead atoms. The molecule has 15 heteroatoms. The second-order valence-electron chi connectivity index (χ2n) is 13.9. The summed E-state index contributed by atoms with van der Waals surface area (Å²) in [6.07, 6.45) is 2.68. The molecule has 2 aliphatic rings. The highest BCUT2D eigenvalue weighted by atomic mass is 19.1. The van der Waals surface area contributed by atoms with Gasteiger partial charge in [-0.05, 0) is 57.5 Å². The van der Waals surface area contributed by atoms with Crippen molar-refractivity contribution in [2.45, 2.75) is 58.5 Å². The molecule has 14 nitrogen and oxygen atoms in total. The Morgan fingerprint density at radius 1 is 0.927 bits per heavy atom. The average molecular weight is 758 g/mol. The number of rotatable bonds is 14. The van der Waals surface area contributed by atoms with Crippen molar-refractivity contribution in [2.75, 3.05) is 46.3 Å². The monoisotopic (exact) mass is 757 g/mol. The zero-order chi connectivity index (χ0) is 39.4. The smallest absolute Gasteiger partial charge is 0.417 e. The van der Waals surface area contributed by atoms with Crippen LogP contribution < -0.4 is 14.8 Å². The van der Waals surface area contributed by atoms with Crippen LogP contribution in [0, 0.1) is 5.82 Å². The van der Waals surface area contributed by atoms with Crippen molar-refractivity contribution in [3.8, 4) is 22.8 Å². The fourth-order valence-electron chi connectivity index (χ4n) is 6.81. The highest BCUT2D eigenvalue weighted by Gasteiger charge is 2.40. The lowest BCUT2D eigenvalue weighted by Gasteiger charge is -2.29. The van der Waals surface area contributed by atoms with Crippen molar-refractivity contribution in [3.63, 3.8) is 0 Å². The summed E-state index contributed by atoms with van der Waals surface area (Å²) in [6, 6.07) is 12.8. The minimum Gasteiger partial charge on any atom is -0.492 e. The van der Waals surface area contributed by atoms with Crippen LogP contribution in [-0.4, -0.2) is 96.1 Å². The van der Waals surface area contributed by atoms with Gasteiger partial charge in [0.15, 0.2) is 17.9 Å². The van der Waals surface area contributed by atoms with E-state index in [0.717, 1.165) is 4.90 Å². The van der Waals surface area contributed by atoms with E-state index in [1.54, 1.807) is 63.4 Å². The number of anilines is 2. The van der Waals surface area contributed by atoms with E-state index < -0.39 is 29.7 Å². The van der Waals surface area contributed by atoms with Gasteiger partial charge >= 0.3 is 6.09 Å². The molecule has 6 rings (SSSR count). The maximum atomic E-state index is 15.1. The molecule has 55 heavy (non-hydrogen) atoms. The third-order valence-electron chi connectivity index (χ3n) is 9.26. The van der Waals surface area contributed by atoms with Crippen LogP contribution in [0.1, 0.15) is 70.4 Å². The number of halogens is 1. The Labute approximate surface area is 318 Å². The molecule has 0 atom stereocenters. The Bertz CT molecular complexity index is 2070. The molecule has 0 radical (unpaired) electrons. The van der Waals surface area contributed by atoms with E-state index >= 15 is 4.39 Å². The Morgan fingerprint density at radius 2 is 1.64 bits per heavy atom. The number of pyridine rings is 1. The van der Waals surface area contributed by atoms with Crippen molar-refractivity contribution in [1.29, 1.82) is 0 Å². The Kier molecular flexibility index (Phi) is 11.5. The average Bonchev–Trinajstić information content (AvgIpc) is 3.60. The van der Waals surface area contributed by atoms with Gasteiger partial charge in [-0.2, -0.15) is 0 Å². The zero-order valence-corrected chi connectivity index (χ0v) is 31.6. The van der Waals surface area contributed by atoms with Gasteiger partial charge in [0.25, 0.3) is 17.7 Å². The summed E-state index contributed by atoms with van der Waals surface area (Å²) in [4.78, 5) is 60.3. The van der Waals surface area contributed by atoms with E-state index in [0.29, 0.717) is 53.2 Å². The molecule has 0 unspecified atom stereocenters. The number of fused-ring (bicyclic) bond motifs is 2. The molecule has 0 aliphatic carbocycles. The first-order valence-electron chi connectivity index (χ1n) is 17.9. The predicted octanol–water partition coefficient (Wildman–Crippen LogP) is 6.45. The van der Waals surface area contributed by atoms with E-state index in [9.17, 15) is 19.2 Å². The third-order valence-corrected chi connectivity index (χ3v) is 9.26. The molecular formula is C40H44FN5O9. The van der Waals surface area contributed by atoms with Crippen LogP contribution in [-0.2, 0) is 27.2 Å². The number of hydrogen-bond donors (Lipinski definition) is 1. The van der Waals surface area contributed by atoms with Crippen molar-refractivity contribution < 1.29 is 47.3 Å². The van der Waals surface area contributed by atoms with Gasteiger partial charge in [0.1, 0.15) is 11.4 Å². The zero-order valence-electron chi connectivity index (χ0n) is 31.6. The summed E-state index contributed by atoms with van der Waals surface area (Å²) < 4.78 is 45.4. The topological polar surface area (TPSA) is 151 Å². The van der Waals surface area contributed by atoms with Crippen molar-refractivity contribution in [1.82, 2.24) is 19.4 Å². The number of hydrogen-bond acceptors (Lipinski definition) is 11. The first kappa shape index (κ1) is 38.9. The highest BCUT2D eigenvalue weighted by Crippen LogP contribution is 2.45. The predicted molar refractivity (Wildman–Crippen MR) is 199 cm³/mol. The van der Waals surface area contributed by atoms with Crippen LogP contribution in [0.15, 0.2) is 60.9 Å². The molecule has 1 N–H and O–H groups in total. The molecular weight excluding hydrogens is 713 g/mol. The standard InChI is InChI=1S/C40H44FN5O9/c1-40(2,3)55-39(50)46-20-16-29-32(38(46)49)33(43-28-14-9-13-27(41)35(28)53-6)34(44(29)21-17-31(51-4)52-5)26-15-18-42-23-30(26)54-22-10-19-45-36(47)24-11-7-8-12-25(24)37(45)48/h7-9,11-15,18,23,31,43H,10,16-17,19-22H2,1-6H3. The first-order valence-corrected chi connectivity index (χ1v) is 17.9. The lowest BCUT2D eigenvalue weighted by molar-refractivity contribution is -0.108. The maximum absolute atomic E-state index is 15.1. The normalized spacial score (nSPS) is 14.0. The molecule has 0 saturated carbocycles. The summed E-state index contributed by atoms with van der Waals surface area (Å²) >= 11 is 0. The SMILES string of the molecule is COc1c(F)cccc1Nc1c2c(n(CCC(OC)OC)c1-c1ccncc1OCCCN1C(=O)c3ccccc3C1=O)CCN(C(=O)OC(C)(C)C)C2=O. The lowest BCUT2D eigenvalue weighted by atomic mass is 10.0. The maximum Gasteiger partial charge on any atom is 0.417 e. The molecule has 4 amide bonds. The first-order chi connectivity index (χ1) is 26.4. The second-order valence-corrected chi connectivity index (χ2v) is 13.9. The fraction of sp³-hybridized carbons (Fsp3) is 0.375. The number of para-hydroxylation sites is 1. The molecule has 4 heterocycles. The van der Waals surface area contributed by atoms with Crippen molar-refractivity contribution in [3.05, 3.63) is 89.1 Å². The van der Waals surface area contributed by atoms with E-state index in [-0.39, 0.29) is 60.6 Å². The summed E-state index contributed by atoms with van der Waals surface area (Å²) in [5.74, 6) is -1.70. The Morgan fingerprint density at radius 3 is 2.29 bits per heavy atom. The van der Waals surface area contributed by atoms with Crippen molar-refractivity contribution in [2.24, 2.45) is 0 Å². The van der Waals surface area contributed by atoms with Gasteiger partial charge in [-0.1, -0.05) is 18.2 Å². The number of nitrogens with one attached hydrogen (secondary N) is 1. The van der Waals surface area contributed by atoms with Crippen LogP contribution >= 0.6 is 0 Å². The molecule has 0 spiro atoms. The molecule has 0 saturated heterocycles. The Hall–Kier alpha value is -5.80. The molecule has 0 fully saturated rings. The number of nitrogens with zero attached hydrogens (tertiary/aromatic N) is 4. The number of imide groups is 2. The number of carbonyl (C=O) groups excluding carboxylic acids is 4. The molecule has 2 aliphatic heterocycles. The summed E-state index contributed by atoms with van der Waals surface area (Å²) in [7, 11) is 4.40. The van der Waals surface area contributed by atoms with Gasteiger partial charge < -0.3 is 33.6 Å². The number of carbonyl (C=O) groups is 4. The summed E-state index contributed by atoms with van der Waals surface area (Å²) in [5, 5.41) is 3.28. The van der Waals surface area contributed by atoms with Crippen molar-refractivity contribution >= 4 is 35.2 Å². The minimum atomic E-state index is -0.858. The number of aromatic nitrogens is 2. The van der Waals surface area contributed by atoms with Crippen LogP contribution in [0.4, 0.5) is 20.6 Å². The number of ether oxygens (including phenoxy) is 5. The number of amides is 4. The van der Waals surface area contributed by atoms with E-state index in [4.69, 9.17) is 23.7 Å². The van der Waals surface area contributed by atoms with Gasteiger partial charge in [-0.25, -0.2) is 14.1 Å². The quantitative estimate of drug-likeness (QED) is 0.0859. The fourth-order valence-corrected chi connectivity index (χ4v) is 6.81. The minimum absolute atomic E-state index is 0.0441. The number of methoxy groups -OCH3 is 3. The van der Waals surface area contributed by atoms with E-state index in [1.807, 2.05) is 4.57 Å². The number of benzene rings is 2. The van der Waals surface area contributed by atoms with Crippen LogP contribution in [0.3, 0.4) is 0 Å². The van der Waals surface area contributed by atoms with Crippen LogP contribution in [0.25, 0.3) is 11.3 Å². The summed E-state index contributed by atoms with van der Waals surface area (Å²) in [5.41, 5.74) is 2.17. The van der Waals surface area contributed by atoms with Gasteiger partial charge in [0.2, 0.25) is 0 Å². The van der Waals surface area contributed by atoms with Gasteiger partial charge in [-0.15, -0.1) is 0 Å². The van der Waals surface area contributed by atoms with Gasteiger partial charge in [0.05, 0.1) is 53.7 Å². The lowest BCUT2D eigenvalue weighted by Crippen LogP contribution is -2.45. The molecule has 4 aromatic rings. The van der Waals surface area contributed by atoms with Gasteiger partial charge in [0, 0.05) is 64.1 Å². The van der Waals surface area contributed by atoms with E-state index in [1.165, 1.54) is 44.6 Å². The Balaban J connectivity index is 1.42.